The normalized spacial score (nSPS) is 17.7. The van der Waals surface area contributed by atoms with Crippen molar-refractivity contribution in [2.24, 2.45) is 0 Å². The Balaban J connectivity index is 1.81. The number of morpholine rings is 1. The van der Waals surface area contributed by atoms with E-state index in [4.69, 9.17) is 4.74 Å². The van der Waals surface area contributed by atoms with E-state index < -0.39 is 6.10 Å². The van der Waals surface area contributed by atoms with Crippen molar-refractivity contribution in [1.82, 2.24) is 14.0 Å². The molecule has 6 heteroatoms. The average Bonchev–Trinajstić information content (AvgIpc) is 2.82. The van der Waals surface area contributed by atoms with Crippen LogP contribution in [0.4, 0.5) is 0 Å². The van der Waals surface area contributed by atoms with Gasteiger partial charge in [-0.15, -0.1) is 0 Å². The predicted molar refractivity (Wildman–Crippen MR) is 89.8 cm³/mol. The molecule has 0 saturated carbocycles. The van der Waals surface area contributed by atoms with Gasteiger partial charge in [-0.05, 0) is 18.6 Å². The molecule has 3 rings (SSSR count). The number of rotatable bonds is 6. The van der Waals surface area contributed by atoms with Crippen LogP contribution < -0.4 is 5.69 Å². The van der Waals surface area contributed by atoms with Crippen molar-refractivity contribution in [3.63, 3.8) is 0 Å². The monoisotopic (exact) mass is 319 g/mol. The maximum absolute atomic E-state index is 12.7. The molecule has 1 atom stereocenters. The lowest BCUT2D eigenvalue weighted by Gasteiger charge is -2.28. The summed E-state index contributed by atoms with van der Waals surface area (Å²) < 4.78 is 8.83. The molecule has 6 nitrogen and oxygen atoms in total. The SMILES string of the molecule is CCCn1c(=O)n(CC(O)CN2CCOCC2)c2ccccc21. The number of para-hydroxylation sites is 2. The molecule has 1 aliphatic heterocycles. The van der Waals surface area contributed by atoms with Crippen LogP contribution >= 0.6 is 0 Å². The fourth-order valence-electron chi connectivity index (χ4n) is 3.24. The van der Waals surface area contributed by atoms with E-state index >= 15 is 0 Å². The molecule has 0 amide bonds. The molecule has 126 valence electrons. The summed E-state index contributed by atoms with van der Waals surface area (Å²) in [6.45, 7) is 6.76. The van der Waals surface area contributed by atoms with Crippen LogP contribution in [0.1, 0.15) is 13.3 Å². The molecule has 1 fully saturated rings. The number of hydrogen-bond acceptors (Lipinski definition) is 4. The van der Waals surface area contributed by atoms with Crippen LogP contribution in [-0.4, -0.2) is 58.1 Å². The predicted octanol–water partition coefficient (Wildman–Crippen LogP) is 0.906. The highest BCUT2D eigenvalue weighted by molar-refractivity contribution is 5.75. The minimum absolute atomic E-state index is 0.0333. The van der Waals surface area contributed by atoms with Gasteiger partial charge in [0.15, 0.2) is 0 Å². The zero-order chi connectivity index (χ0) is 16.2. The summed E-state index contributed by atoms with van der Waals surface area (Å²) in [5.41, 5.74) is 1.80. The van der Waals surface area contributed by atoms with Gasteiger partial charge in [-0.1, -0.05) is 19.1 Å². The van der Waals surface area contributed by atoms with Gasteiger partial charge in [-0.3, -0.25) is 14.0 Å². The lowest BCUT2D eigenvalue weighted by Crippen LogP contribution is -2.42. The summed E-state index contributed by atoms with van der Waals surface area (Å²) in [7, 11) is 0. The molecular formula is C17H25N3O3. The topological polar surface area (TPSA) is 59.6 Å². The number of ether oxygens (including phenoxy) is 1. The van der Waals surface area contributed by atoms with Gasteiger partial charge in [0.1, 0.15) is 0 Å². The Labute approximate surface area is 135 Å². The Morgan fingerprint density at radius 3 is 2.43 bits per heavy atom. The van der Waals surface area contributed by atoms with Crippen molar-refractivity contribution in [3.05, 3.63) is 34.7 Å². The fourth-order valence-corrected chi connectivity index (χ4v) is 3.24. The van der Waals surface area contributed by atoms with Crippen molar-refractivity contribution in [2.75, 3.05) is 32.8 Å². The maximum atomic E-state index is 12.7. The van der Waals surface area contributed by atoms with Gasteiger partial charge in [0.05, 0.1) is 36.9 Å². The van der Waals surface area contributed by atoms with Gasteiger partial charge in [0.2, 0.25) is 0 Å². The lowest BCUT2D eigenvalue weighted by atomic mass is 10.2. The van der Waals surface area contributed by atoms with Crippen LogP contribution in [0.5, 0.6) is 0 Å². The van der Waals surface area contributed by atoms with Crippen molar-refractivity contribution >= 4 is 11.0 Å². The second-order valence-electron chi connectivity index (χ2n) is 6.10. The first-order chi connectivity index (χ1) is 11.2. The zero-order valence-corrected chi connectivity index (χ0v) is 13.6. The van der Waals surface area contributed by atoms with Crippen LogP contribution in [0.15, 0.2) is 29.1 Å². The molecule has 1 unspecified atom stereocenters. The Bertz CT molecular complexity index is 701. The number of hydrogen-bond donors (Lipinski definition) is 1. The zero-order valence-electron chi connectivity index (χ0n) is 13.6. The first-order valence-electron chi connectivity index (χ1n) is 8.37. The number of imidazole rings is 1. The highest BCUT2D eigenvalue weighted by Crippen LogP contribution is 2.14. The first-order valence-corrected chi connectivity index (χ1v) is 8.37. The summed E-state index contributed by atoms with van der Waals surface area (Å²) in [5, 5.41) is 10.4. The van der Waals surface area contributed by atoms with Crippen LogP contribution in [0.2, 0.25) is 0 Å². The van der Waals surface area contributed by atoms with Crippen molar-refractivity contribution < 1.29 is 9.84 Å². The number of aliphatic hydroxyl groups excluding tert-OH is 1. The first kappa shape index (κ1) is 16.2. The van der Waals surface area contributed by atoms with Gasteiger partial charge in [0.25, 0.3) is 0 Å². The third-order valence-electron chi connectivity index (χ3n) is 4.34. The van der Waals surface area contributed by atoms with Crippen molar-refractivity contribution in [3.8, 4) is 0 Å². The highest BCUT2D eigenvalue weighted by Gasteiger charge is 2.18. The number of aryl methyl sites for hydroxylation is 1. The van der Waals surface area contributed by atoms with E-state index in [1.54, 1.807) is 9.13 Å². The molecule has 1 aromatic carbocycles. The third-order valence-corrected chi connectivity index (χ3v) is 4.34. The minimum atomic E-state index is -0.563. The Morgan fingerprint density at radius 1 is 1.13 bits per heavy atom. The summed E-state index contributed by atoms with van der Waals surface area (Å²) in [6.07, 6.45) is 0.344. The molecule has 1 saturated heterocycles. The Kier molecular flexibility index (Phi) is 5.15. The maximum Gasteiger partial charge on any atom is 0.329 e. The number of aromatic nitrogens is 2. The number of fused-ring (bicyclic) bond motifs is 1. The molecule has 2 aromatic rings. The third kappa shape index (κ3) is 3.49. The quantitative estimate of drug-likeness (QED) is 0.860. The van der Waals surface area contributed by atoms with Crippen LogP contribution in [0.3, 0.4) is 0 Å². The Morgan fingerprint density at radius 2 is 1.78 bits per heavy atom. The van der Waals surface area contributed by atoms with E-state index in [0.29, 0.717) is 32.8 Å². The molecular weight excluding hydrogens is 294 g/mol. The molecule has 1 aliphatic rings. The molecule has 1 N–H and O–H groups in total. The van der Waals surface area contributed by atoms with Gasteiger partial charge < -0.3 is 9.84 Å². The van der Waals surface area contributed by atoms with E-state index in [-0.39, 0.29) is 5.69 Å². The van der Waals surface area contributed by atoms with E-state index in [2.05, 4.69) is 11.8 Å². The molecule has 0 spiro atoms. The van der Waals surface area contributed by atoms with Crippen LogP contribution in [0, 0.1) is 0 Å². The molecule has 1 aromatic heterocycles. The van der Waals surface area contributed by atoms with E-state index in [9.17, 15) is 9.90 Å². The van der Waals surface area contributed by atoms with Crippen molar-refractivity contribution in [1.29, 1.82) is 0 Å². The second kappa shape index (κ2) is 7.29. The largest absolute Gasteiger partial charge is 0.390 e. The minimum Gasteiger partial charge on any atom is -0.390 e. The fraction of sp³-hybridized carbons (Fsp3) is 0.588. The van der Waals surface area contributed by atoms with Crippen LogP contribution in [0.25, 0.3) is 11.0 Å². The summed E-state index contributed by atoms with van der Waals surface area (Å²) in [6, 6.07) is 7.80. The second-order valence-corrected chi connectivity index (χ2v) is 6.10. The van der Waals surface area contributed by atoms with Gasteiger partial charge in [0, 0.05) is 26.2 Å². The Hall–Kier alpha value is -1.63. The van der Waals surface area contributed by atoms with Gasteiger partial charge in [-0.25, -0.2) is 4.79 Å². The summed E-state index contributed by atoms with van der Waals surface area (Å²) >= 11 is 0. The molecule has 0 aliphatic carbocycles. The number of aliphatic hydroxyl groups is 1. The summed E-state index contributed by atoms with van der Waals surface area (Å²) in [4.78, 5) is 14.9. The number of β-amino-alcohol motifs (C(OH)–C–C–N with tert-alkyl or cyclic N) is 1. The molecule has 0 bridgehead atoms. The lowest BCUT2D eigenvalue weighted by molar-refractivity contribution is 0.0115. The van der Waals surface area contributed by atoms with E-state index in [1.807, 2.05) is 24.3 Å². The van der Waals surface area contributed by atoms with Gasteiger partial charge in [-0.2, -0.15) is 0 Å². The number of benzene rings is 1. The summed E-state index contributed by atoms with van der Waals surface area (Å²) in [5.74, 6) is 0. The molecule has 23 heavy (non-hydrogen) atoms. The van der Waals surface area contributed by atoms with Crippen molar-refractivity contribution in [2.45, 2.75) is 32.5 Å². The molecule has 2 heterocycles. The van der Waals surface area contributed by atoms with E-state index in [0.717, 1.165) is 30.5 Å². The smallest absolute Gasteiger partial charge is 0.329 e. The number of nitrogens with zero attached hydrogens (tertiary/aromatic N) is 3. The van der Waals surface area contributed by atoms with Gasteiger partial charge >= 0.3 is 5.69 Å². The van der Waals surface area contributed by atoms with Crippen LogP contribution in [-0.2, 0) is 17.8 Å². The highest BCUT2D eigenvalue weighted by atomic mass is 16.5. The average molecular weight is 319 g/mol. The standard InChI is InChI=1S/C17H25N3O3/c1-2-7-19-15-5-3-4-6-16(15)20(17(19)22)13-14(21)12-18-8-10-23-11-9-18/h3-6,14,21H,2,7-13H2,1H3. The van der Waals surface area contributed by atoms with E-state index in [1.165, 1.54) is 0 Å². The molecule has 0 radical (unpaired) electrons.